The molecule has 9 nitrogen and oxygen atoms in total. The summed E-state index contributed by atoms with van der Waals surface area (Å²) in [6.45, 7) is 0. The molecule has 0 spiro atoms. The zero-order valence-corrected chi connectivity index (χ0v) is 16.6. The Morgan fingerprint density at radius 2 is 1.58 bits per heavy atom. The van der Waals surface area contributed by atoms with Crippen molar-refractivity contribution in [3.05, 3.63) is 107 Å². The highest BCUT2D eigenvalue weighted by molar-refractivity contribution is 6.23. The Morgan fingerprint density at radius 3 is 2.23 bits per heavy atom. The minimum Gasteiger partial charge on any atom is -0.340 e. The molecule has 154 valence electrons. The lowest BCUT2D eigenvalue weighted by molar-refractivity contribution is -0.384. The third-order valence-corrected chi connectivity index (χ3v) is 5.91. The number of allylic oxidation sites excluding steroid dienone is 1. The number of nitro groups is 1. The minimum atomic E-state index is -0.780. The van der Waals surface area contributed by atoms with Crippen molar-refractivity contribution in [1.82, 2.24) is 9.13 Å². The van der Waals surface area contributed by atoms with E-state index in [1.165, 1.54) is 23.7 Å². The number of nitro benzene ring substituents is 1. The summed E-state index contributed by atoms with van der Waals surface area (Å²) in [5.41, 5.74) is 1.80. The van der Waals surface area contributed by atoms with Crippen molar-refractivity contribution in [2.45, 2.75) is 5.92 Å². The molecule has 1 aliphatic heterocycles. The van der Waals surface area contributed by atoms with Crippen LogP contribution in [0.3, 0.4) is 0 Å². The maximum Gasteiger partial charge on any atom is 0.332 e. The van der Waals surface area contributed by atoms with Gasteiger partial charge < -0.3 is 5.32 Å². The first kappa shape index (κ1) is 18.7. The summed E-state index contributed by atoms with van der Waals surface area (Å²) in [4.78, 5) is 49.7. The van der Waals surface area contributed by atoms with E-state index in [0.29, 0.717) is 33.8 Å². The quantitative estimate of drug-likeness (QED) is 0.506. The Balaban J connectivity index is 1.85. The van der Waals surface area contributed by atoms with Crippen LogP contribution in [0.5, 0.6) is 0 Å². The molecule has 0 saturated carbocycles. The fraction of sp³-hybridized carbons (Fsp3) is 0.136. The molecule has 1 N–H and O–H groups in total. The van der Waals surface area contributed by atoms with E-state index in [9.17, 15) is 24.5 Å². The molecule has 2 aliphatic rings. The average Bonchev–Trinajstić information content (AvgIpc) is 3.07. The topological polar surface area (TPSA) is 116 Å². The molecule has 0 amide bonds. The molecule has 0 saturated heterocycles. The summed E-state index contributed by atoms with van der Waals surface area (Å²) in [6, 6.07) is 12.9. The monoisotopic (exact) mass is 416 g/mol. The van der Waals surface area contributed by atoms with Gasteiger partial charge in [-0.15, -0.1) is 0 Å². The summed E-state index contributed by atoms with van der Waals surface area (Å²) < 4.78 is 2.33. The first-order chi connectivity index (χ1) is 14.8. The van der Waals surface area contributed by atoms with Gasteiger partial charge in [-0.3, -0.25) is 28.8 Å². The van der Waals surface area contributed by atoms with E-state index in [2.05, 4.69) is 5.32 Å². The summed E-state index contributed by atoms with van der Waals surface area (Å²) >= 11 is 0. The number of carbonyl (C=O) groups is 1. The minimum absolute atomic E-state index is 0.0958. The maximum absolute atomic E-state index is 13.4. The first-order valence-electron chi connectivity index (χ1n) is 9.50. The Bertz CT molecular complexity index is 1460. The van der Waals surface area contributed by atoms with Crippen molar-refractivity contribution < 1.29 is 9.72 Å². The second-order valence-corrected chi connectivity index (χ2v) is 7.54. The van der Waals surface area contributed by atoms with Crippen molar-refractivity contribution in [1.29, 1.82) is 0 Å². The largest absolute Gasteiger partial charge is 0.340 e. The molecule has 1 atom stereocenters. The van der Waals surface area contributed by atoms with Crippen LogP contribution in [0.2, 0.25) is 0 Å². The van der Waals surface area contributed by atoms with Crippen molar-refractivity contribution in [3.63, 3.8) is 0 Å². The van der Waals surface area contributed by atoms with E-state index in [4.69, 9.17) is 0 Å². The third kappa shape index (κ3) is 2.46. The van der Waals surface area contributed by atoms with Gasteiger partial charge >= 0.3 is 5.69 Å². The smallest absolute Gasteiger partial charge is 0.332 e. The van der Waals surface area contributed by atoms with Crippen molar-refractivity contribution in [2.75, 3.05) is 5.32 Å². The normalized spacial score (nSPS) is 16.5. The van der Waals surface area contributed by atoms with Gasteiger partial charge in [-0.05, 0) is 5.56 Å². The number of Topliss-reactive ketones (excluding diaryl/α,β-unsaturated/α-hetero) is 1. The van der Waals surface area contributed by atoms with E-state index >= 15 is 0 Å². The van der Waals surface area contributed by atoms with Crippen LogP contribution in [-0.4, -0.2) is 19.8 Å². The van der Waals surface area contributed by atoms with Crippen LogP contribution in [0.1, 0.15) is 33.0 Å². The number of aromatic nitrogens is 2. The Labute approximate surface area is 175 Å². The number of rotatable bonds is 2. The number of hydrogen-bond acceptors (Lipinski definition) is 6. The molecule has 2 aromatic carbocycles. The van der Waals surface area contributed by atoms with Gasteiger partial charge in [0.2, 0.25) is 0 Å². The molecule has 1 aromatic heterocycles. The molecular formula is C22H16N4O5. The van der Waals surface area contributed by atoms with Gasteiger partial charge in [-0.25, -0.2) is 4.79 Å². The lowest BCUT2D eigenvalue weighted by Crippen LogP contribution is -2.42. The zero-order valence-electron chi connectivity index (χ0n) is 16.6. The van der Waals surface area contributed by atoms with Crippen LogP contribution >= 0.6 is 0 Å². The summed E-state index contributed by atoms with van der Waals surface area (Å²) in [7, 11) is 2.93. The molecule has 3 aromatic rings. The summed E-state index contributed by atoms with van der Waals surface area (Å²) in [5, 5.41) is 14.2. The van der Waals surface area contributed by atoms with Gasteiger partial charge in [0.1, 0.15) is 5.82 Å². The highest BCUT2D eigenvalue weighted by Gasteiger charge is 2.42. The van der Waals surface area contributed by atoms with Gasteiger partial charge in [-0.2, -0.15) is 0 Å². The molecule has 2 heterocycles. The van der Waals surface area contributed by atoms with E-state index in [1.54, 1.807) is 37.4 Å². The summed E-state index contributed by atoms with van der Waals surface area (Å²) in [5.74, 6) is -0.694. The number of benzene rings is 2. The van der Waals surface area contributed by atoms with E-state index < -0.39 is 22.1 Å². The predicted octanol–water partition coefficient (Wildman–Crippen LogP) is 2.16. The number of nitrogens with zero attached hydrogens (tertiary/aromatic N) is 3. The molecular weight excluding hydrogens is 400 g/mol. The van der Waals surface area contributed by atoms with Gasteiger partial charge in [0, 0.05) is 48.8 Å². The highest BCUT2D eigenvalue weighted by atomic mass is 16.6. The molecule has 31 heavy (non-hydrogen) atoms. The van der Waals surface area contributed by atoms with Crippen molar-refractivity contribution >= 4 is 23.0 Å². The lowest BCUT2D eigenvalue weighted by atomic mass is 9.81. The SMILES string of the molecule is Cn1c2c(c(=O)n(C)c1=O)[C@H](c1ccc([N+](=O)[O-])cc1)C1=C(N2)c2ccccc2C1=O. The van der Waals surface area contributed by atoms with Gasteiger partial charge in [-0.1, -0.05) is 36.4 Å². The van der Waals surface area contributed by atoms with Crippen LogP contribution in [-0.2, 0) is 14.1 Å². The molecule has 9 heteroatoms. The van der Waals surface area contributed by atoms with E-state index in [-0.39, 0.29) is 17.0 Å². The van der Waals surface area contributed by atoms with Gasteiger partial charge in [0.05, 0.1) is 16.2 Å². The second kappa shape index (κ2) is 6.36. The van der Waals surface area contributed by atoms with Crippen LogP contribution < -0.4 is 16.6 Å². The zero-order chi connectivity index (χ0) is 22.0. The standard InChI is InChI=1S/C22H16N4O5/c1-24-20-17(21(28)25(2)22(24)29)15(11-7-9-12(10-8-11)26(30)31)16-18(23-20)13-5-3-4-6-14(13)19(16)27/h3-10,15,23H,1-2H3/t15-/m1/s1. The first-order valence-corrected chi connectivity index (χ1v) is 9.50. The number of anilines is 1. The van der Waals surface area contributed by atoms with Crippen LogP contribution in [0.15, 0.2) is 63.7 Å². The van der Waals surface area contributed by atoms with Crippen molar-refractivity contribution in [2.24, 2.45) is 14.1 Å². The molecule has 0 radical (unpaired) electrons. The Morgan fingerprint density at radius 1 is 0.935 bits per heavy atom. The molecule has 0 unspecified atom stereocenters. The van der Waals surface area contributed by atoms with Crippen molar-refractivity contribution in [3.8, 4) is 0 Å². The van der Waals surface area contributed by atoms with Crippen LogP contribution in [0, 0.1) is 10.1 Å². The second-order valence-electron chi connectivity index (χ2n) is 7.54. The number of hydrogen-bond donors (Lipinski definition) is 1. The number of carbonyl (C=O) groups excluding carboxylic acids is 1. The molecule has 0 fully saturated rings. The van der Waals surface area contributed by atoms with Gasteiger partial charge in [0.25, 0.3) is 11.2 Å². The fourth-order valence-corrected chi connectivity index (χ4v) is 4.38. The van der Waals surface area contributed by atoms with Gasteiger partial charge in [0.15, 0.2) is 5.78 Å². The third-order valence-electron chi connectivity index (χ3n) is 5.91. The molecule has 5 rings (SSSR count). The van der Waals surface area contributed by atoms with E-state index in [1.807, 2.05) is 6.07 Å². The van der Waals surface area contributed by atoms with Crippen LogP contribution in [0.4, 0.5) is 11.5 Å². The highest BCUT2D eigenvalue weighted by Crippen LogP contribution is 2.47. The summed E-state index contributed by atoms with van der Waals surface area (Å²) in [6.07, 6.45) is 0. The molecule has 0 bridgehead atoms. The predicted molar refractivity (Wildman–Crippen MR) is 113 cm³/mol. The maximum atomic E-state index is 13.4. The Kier molecular flexibility index (Phi) is 3.85. The molecule has 1 aliphatic carbocycles. The lowest BCUT2D eigenvalue weighted by Gasteiger charge is -2.29. The number of nitrogens with one attached hydrogen (secondary N) is 1. The van der Waals surface area contributed by atoms with E-state index in [0.717, 1.165) is 4.57 Å². The number of ketones is 1. The van der Waals surface area contributed by atoms with Crippen LogP contribution in [0.25, 0.3) is 5.70 Å². The number of non-ortho nitro benzene ring substituents is 1. The average molecular weight is 416 g/mol. The fourth-order valence-electron chi connectivity index (χ4n) is 4.38. The number of fused-ring (bicyclic) bond motifs is 3. The Hall–Kier alpha value is -4.27.